The van der Waals surface area contributed by atoms with E-state index < -0.39 is 6.10 Å². The van der Waals surface area contributed by atoms with Gasteiger partial charge >= 0.3 is 0 Å². The predicted octanol–water partition coefficient (Wildman–Crippen LogP) is 2.99. The summed E-state index contributed by atoms with van der Waals surface area (Å²) in [7, 11) is 0. The zero-order valence-corrected chi connectivity index (χ0v) is 14.2. The molecule has 4 rings (SSSR count). The maximum atomic E-state index is 12.7. The Morgan fingerprint density at radius 2 is 1.92 bits per heavy atom. The van der Waals surface area contributed by atoms with Gasteiger partial charge in [-0.1, -0.05) is 30.3 Å². The molecule has 0 aliphatic carbocycles. The maximum Gasteiger partial charge on any atom is 0.267 e. The highest BCUT2D eigenvalue weighted by atomic mass is 16.5. The number of carbonyl (C=O) groups excluding carboxylic acids is 2. The summed E-state index contributed by atoms with van der Waals surface area (Å²) in [4.78, 5) is 30.5. The normalized spacial score (nSPS) is 15.9. The molecule has 0 spiro atoms. The minimum absolute atomic E-state index is 0.133. The Bertz CT molecular complexity index is 1000. The number of carbonyl (C=O) groups is 2. The number of para-hydroxylation sites is 3. The number of rotatable bonds is 2. The lowest BCUT2D eigenvalue weighted by atomic mass is 10.1. The first-order valence-electron chi connectivity index (χ1n) is 8.31. The maximum absolute atomic E-state index is 12.7. The Balaban J connectivity index is 1.57. The topological polar surface area (TPSA) is 71.5 Å². The van der Waals surface area contributed by atoms with Crippen LogP contribution in [0.25, 0.3) is 10.9 Å². The third-order valence-corrected chi connectivity index (χ3v) is 4.30. The van der Waals surface area contributed by atoms with Gasteiger partial charge in [-0.05, 0) is 24.3 Å². The number of benzene rings is 2. The van der Waals surface area contributed by atoms with E-state index >= 15 is 0 Å². The largest absolute Gasteiger partial charge is 0.476 e. The number of anilines is 2. The number of hydrogen-bond donors (Lipinski definition) is 1. The lowest BCUT2D eigenvalue weighted by molar-refractivity contribution is -0.123. The Labute approximate surface area is 150 Å². The Kier molecular flexibility index (Phi) is 4.01. The van der Waals surface area contributed by atoms with Crippen molar-refractivity contribution in [1.29, 1.82) is 0 Å². The van der Waals surface area contributed by atoms with Crippen molar-refractivity contribution in [3.05, 3.63) is 60.8 Å². The number of aromatic nitrogens is 1. The van der Waals surface area contributed by atoms with E-state index in [0.29, 0.717) is 17.1 Å². The van der Waals surface area contributed by atoms with E-state index in [2.05, 4.69) is 10.3 Å². The van der Waals surface area contributed by atoms with Crippen LogP contribution in [0, 0.1) is 0 Å². The van der Waals surface area contributed by atoms with Gasteiger partial charge in [0.25, 0.3) is 5.91 Å². The molecule has 0 saturated carbocycles. The number of hydrogen-bond acceptors (Lipinski definition) is 4. The van der Waals surface area contributed by atoms with Crippen LogP contribution in [-0.2, 0) is 9.59 Å². The van der Waals surface area contributed by atoms with E-state index in [1.54, 1.807) is 23.2 Å². The van der Waals surface area contributed by atoms with Crippen LogP contribution in [0.5, 0.6) is 5.75 Å². The molecule has 0 saturated heterocycles. The van der Waals surface area contributed by atoms with Gasteiger partial charge in [-0.25, -0.2) is 0 Å². The average molecular weight is 347 g/mol. The Morgan fingerprint density at radius 1 is 1.15 bits per heavy atom. The van der Waals surface area contributed by atoms with Crippen molar-refractivity contribution in [3.63, 3.8) is 0 Å². The van der Waals surface area contributed by atoms with Crippen LogP contribution in [0.4, 0.5) is 11.4 Å². The molecule has 26 heavy (non-hydrogen) atoms. The van der Waals surface area contributed by atoms with Crippen molar-refractivity contribution in [3.8, 4) is 5.75 Å². The molecule has 0 unspecified atom stereocenters. The molecule has 2 aromatic carbocycles. The van der Waals surface area contributed by atoms with Gasteiger partial charge in [0.1, 0.15) is 5.75 Å². The molecule has 2 heterocycles. The fourth-order valence-corrected chi connectivity index (χ4v) is 3.03. The highest BCUT2D eigenvalue weighted by Gasteiger charge is 2.32. The molecule has 1 N–H and O–H groups in total. The van der Waals surface area contributed by atoms with Crippen LogP contribution in [0.15, 0.2) is 60.8 Å². The fourth-order valence-electron chi connectivity index (χ4n) is 3.03. The number of nitrogens with one attached hydrogen (secondary N) is 1. The second-order valence-electron chi connectivity index (χ2n) is 6.11. The molecule has 0 bridgehead atoms. The molecule has 1 atom stereocenters. The van der Waals surface area contributed by atoms with Gasteiger partial charge in [0.05, 0.1) is 29.6 Å². The van der Waals surface area contributed by atoms with Gasteiger partial charge in [0.15, 0.2) is 6.10 Å². The van der Waals surface area contributed by atoms with Crippen molar-refractivity contribution in [2.24, 2.45) is 0 Å². The van der Waals surface area contributed by atoms with Crippen molar-refractivity contribution in [2.45, 2.75) is 13.0 Å². The molecular weight excluding hydrogens is 330 g/mol. The smallest absolute Gasteiger partial charge is 0.267 e. The first kappa shape index (κ1) is 16.1. The quantitative estimate of drug-likeness (QED) is 0.774. The number of nitrogens with zero attached hydrogens (tertiary/aromatic N) is 2. The minimum atomic E-state index is -0.791. The van der Waals surface area contributed by atoms with Crippen LogP contribution in [0.3, 0.4) is 0 Å². The SMILES string of the molecule is CC(=O)N1C[C@H](C(=O)Nc2cnc3ccccc3c2)Oc2ccccc21. The van der Waals surface area contributed by atoms with Gasteiger partial charge in [0.2, 0.25) is 5.91 Å². The first-order valence-corrected chi connectivity index (χ1v) is 8.31. The Hall–Kier alpha value is -3.41. The second kappa shape index (κ2) is 6.48. The monoisotopic (exact) mass is 347 g/mol. The summed E-state index contributed by atoms with van der Waals surface area (Å²) < 4.78 is 5.81. The molecular formula is C20H17N3O3. The fraction of sp³-hybridized carbons (Fsp3) is 0.150. The standard InChI is InChI=1S/C20H17N3O3/c1-13(24)23-12-19(26-18-9-5-4-8-17(18)23)20(25)22-15-10-14-6-2-3-7-16(14)21-11-15/h2-11,19H,12H2,1H3,(H,22,25)/t19-/m1/s1. The van der Waals surface area contributed by atoms with Crippen molar-refractivity contribution in [2.75, 3.05) is 16.8 Å². The van der Waals surface area contributed by atoms with Gasteiger partial charge < -0.3 is 15.0 Å². The van der Waals surface area contributed by atoms with Gasteiger partial charge in [-0.3, -0.25) is 14.6 Å². The van der Waals surface area contributed by atoms with Gasteiger partial charge in [-0.15, -0.1) is 0 Å². The zero-order chi connectivity index (χ0) is 18.1. The van der Waals surface area contributed by atoms with Crippen molar-refractivity contribution >= 4 is 34.1 Å². The number of pyridine rings is 1. The third kappa shape index (κ3) is 2.97. The van der Waals surface area contributed by atoms with Gasteiger partial charge in [0, 0.05) is 12.3 Å². The molecule has 130 valence electrons. The van der Waals surface area contributed by atoms with Crippen LogP contribution < -0.4 is 15.0 Å². The minimum Gasteiger partial charge on any atom is -0.476 e. The lowest BCUT2D eigenvalue weighted by Gasteiger charge is -2.33. The number of amides is 2. The van der Waals surface area contributed by atoms with E-state index in [0.717, 1.165) is 10.9 Å². The summed E-state index contributed by atoms with van der Waals surface area (Å²) in [6, 6.07) is 16.7. The average Bonchev–Trinajstić information content (AvgIpc) is 2.66. The molecule has 2 amide bonds. The molecule has 6 nitrogen and oxygen atoms in total. The summed E-state index contributed by atoms with van der Waals surface area (Å²) in [6.45, 7) is 1.64. The van der Waals surface area contributed by atoms with E-state index in [-0.39, 0.29) is 18.4 Å². The molecule has 0 radical (unpaired) electrons. The summed E-state index contributed by atoms with van der Waals surface area (Å²) >= 11 is 0. The summed E-state index contributed by atoms with van der Waals surface area (Å²) in [5, 5.41) is 3.77. The Morgan fingerprint density at radius 3 is 2.77 bits per heavy atom. The van der Waals surface area contributed by atoms with E-state index in [4.69, 9.17) is 4.74 Å². The predicted molar refractivity (Wildman–Crippen MR) is 99.3 cm³/mol. The molecule has 1 aromatic heterocycles. The molecule has 0 fully saturated rings. The second-order valence-corrected chi connectivity index (χ2v) is 6.11. The molecule has 3 aromatic rings. The summed E-state index contributed by atoms with van der Waals surface area (Å²) in [5.41, 5.74) is 2.12. The lowest BCUT2D eigenvalue weighted by Crippen LogP contribution is -2.48. The number of ether oxygens (including phenoxy) is 1. The van der Waals surface area contributed by atoms with Gasteiger partial charge in [-0.2, -0.15) is 0 Å². The molecule has 1 aliphatic heterocycles. The summed E-state index contributed by atoms with van der Waals surface area (Å²) in [5.74, 6) is 0.0690. The van der Waals surface area contributed by atoms with Crippen molar-refractivity contribution in [1.82, 2.24) is 4.98 Å². The number of fused-ring (bicyclic) bond motifs is 2. The highest BCUT2D eigenvalue weighted by Crippen LogP contribution is 2.33. The van der Waals surface area contributed by atoms with Crippen LogP contribution in [0.1, 0.15) is 6.92 Å². The molecule has 1 aliphatic rings. The third-order valence-electron chi connectivity index (χ3n) is 4.30. The van der Waals surface area contributed by atoms with Crippen LogP contribution in [-0.4, -0.2) is 29.4 Å². The van der Waals surface area contributed by atoms with Crippen molar-refractivity contribution < 1.29 is 14.3 Å². The van der Waals surface area contributed by atoms with E-state index in [9.17, 15) is 9.59 Å². The molecule has 6 heteroatoms. The van der Waals surface area contributed by atoms with Crippen LogP contribution >= 0.6 is 0 Å². The summed E-state index contributed by atoms with van der Waals surface area (Å²) in [6.07, 6.45) is 0.819. The van der Waals surface area contributed by atoms with Crippen LogP contribution in [0.2, 0.25) is 0 Å². The zero-order valence-electron chi connectivity index (χ0n) is 14.2. The first-order chi connectivity index (χ1) is 12.6. The van der Waals surface area contributed by atoms with E-state index in [1.807, 2.05) is 42.5 Å². The van der Waals surface area contributed by atoms with E-state index in [1.165, 1.54) is 6.92 Å². The highest BCUT2D eigenvalue weighted by molar-refractivity contribution is 6.00.